The van der Waals surface area contributed by atoms with Crippen LogP contribution in [0.3, 0.4) is 0 Å². The van der Waals surface area contributed by atoms with Crippen molar-refractivity contribution in [3.8, 4) is 0 Å². The zero-order valence-electron chi connectivity index (χ0n) is 10.8. The van der Waals surface area contributed by atoms with E-state index in [1.54, 1.807) is 0 Å². The summed E-state index contributed by atoms with van der Waals surface area (Å²) in [6, 6.07) is 2.79. The maximum Gasteiger partial charge on any atom is 0.359 e. The molecule has 0 spiro atoms. The Balaban J connectivity index is 1.94. The highest BCUT2D eigenvalue weighted by molar-refractivity contribution is 6.44. The molecule has 0 atom stereocenters. The molecule has 22 heavy (non-hydrogen) atoms. The second-order valence-electron chi connectivity index (χ2n) is 3.96. The van der Waals surface area contributed by atoms with E-state index in [4.69, 9.17) is 39.5 Å². The Morgan fingerprint density at radius 2 is 1.82 bits per heavy atom. The van der Waals surface area contributed by atoms with Crippen LogP contribution in [0.2, 0.25) is 15.1 Å². The Hall–Kier alpha value is -1.89. The molecular formula is C13H8Cl3N3O3. The molecule has 1 aromatic carbocycles. The van der Waals surface area contributed by atoms with Gasteiger partial charge in [0.05, 0.1) is 27.0 Å². The summed E-state index contributed by atoms with van der Waals surface area (Å²) in [7, 11) is 0. The van der Waals surface area contributed by atoms with Crippen LogP contribution in [0, 0.1) is 0 Å². The smallest absolute Gasteiger partial charge is 0.359 e. The molecule has 114 valence electrons. The number of rotatable bonds is 4. The molecule has 0 fully saturated rings. The number of amides is 1. The molecule has 6 nitrogen and oxygen atoms in total. The lowest BCUT2D eigenvalue weighted by atomic mass is 10.3. The number of halogens is 3. The Labute approximate surface area is 140 Å². The summed E-state index contributed by atoms with van der Waals surface area (Å²) < 4.78 is 4.80. The standard InChI is InChI=1S/C13H8Cl3N3O3/c14-7-3-9(16)10(4-8(7)15)19-12(20)6-22-13(21)11-5-17-1-2-18-11/h1-5H,6H2,(H,19,20). The van der Waals surface area contributed by atoms with E-state index in [9.17, 15) is 9.59 Å². The lowest BCUT2D eigenvalue weighted by Gasteiger charge is -2.09. The molecule has 0 radical (unpaired) electrons. The van der Waals surface area contributed by atoms with Gasteiger partial charge in [-0.05, 0) is 12.1 Å². The number of carbonyl (C=O) groups is 2. The molecule has 0 aliphatic carbocycles. The molecule has 9 heteroatoms. The third kappa shape index (κ3) is 4.30. The molecule has 0 aliphatic heterocycles. The van der Waals surface area contributed by atoms with E-state index < -0.39 is 18.5 Å². The number of hydrogen-bond acceptors (Lipinski definition) is 5. The van der Waals surface area contributed by atoms with Crippen molar-refractivity contribution in [3.63, 3.8) is 0 Å². The first-order chi connectivity index (χ1) is 10.5. The lowest BCUT2D eigenvalue weighted by Crippen LogP contribution is -2.21. The first-order valence-corrected chi connectivity index (χ1v) is 6.98. The predicted octanol–water partition coefficient (Wildman–Crippen LogP) is 3.23. The molecule has 0 saturated heterocycles. The Bertz CT molecular complexity index is 710. The summed E-state index contributed by atoms with van der Waals surface area (Å²) >= 11 is 17.5. The molecule has 1 amide bonds. The van der Waals surface area contributed by atoms with Gasteiger partial charge in [-0.3, -0.25) is 9.78 Å². The highest BCUT2D eigenvalue weighted by atomic mass is 35.5. The van der Waals surface area contributed by atoms with E-state index in [0.29, 0.717) is 0 Å². The molecule has 1 N–H and O–H groups in total. The van der Waals surface area contributed by atoms with Gasteiger partial charge in [0, 0.05) is 12.4 Å². The zero-order valence-corrected chi connectivity index (χ0v) is 13.1. The molecule has 0 bridgehead atoms. The first kappa shape index (κ1) is 16.5. The van der Waals surface area contributed by atoms with Gasteiger partial charge in [0.15, 0.2) is 12.3 Å². The van der Waals surface area contributed by atoms with Crippen LogP contribution in [-0.2, 0) is 9.53 Å². The maximum atomic E-state index is 11.7. The van der Waals surface area contributed by atoms with E-state index in [-0.39, 0.29) is 26.4 Å². The molecule has 1 aromatic heterocycles. The van der Waals surface area contributed by atoms with Gasteiger partial charge in [-0.1, -0.05) is 34.8 Å². The highest BCUT2D eigenvalue weighted by Gasteiger charge is 2.13. The highest BCUT2D eigenvalue weighted by Crippen LogP contribution is 2.32. The van der Waals surface area contributed by atoms with E-state index in [0.717, 1.165) is 0 Å². The van der Waals surface area contributed by atoms with Crippen molar-refractivity contribution < 1.29 is 14.3 Å². The van der Waals surface area contributed by atoms with Gasteiger partial charge in [-0.25, -0.2) is 9.78 Å². The minimum Gasteiger partial charge on any atom is -0.451 e. The number of esters is 1. The molecule has 0 aliphatic rings. The van der Waals surface area contributed by atoms with Crippen molar-refractivity contribution in [1.82, 2.24) is 9.97 Å². The number of nitrogens with one attached hydrogen (secondary N) is 1. The monoisotopic (exact) mass is 359 g/mol. The van der Waals surface area contributed by atoms with Crippen LogP contribution >= 0.6 is 34.8 Å². The summed E-state index contributed by atoms with van der Waals surface area (Å²) in [4.78, 5) is 30.8. The predicted molar refractivity (Wildman–Crippen MR) is 82.4 cm³/mol. The van der Waals surface area contributed by atoms with Crippen molar-refractivity contribution in [2.75, 3.05) is 11.9 Å². The average Bonchev–Trinajstić information content (AvgIpc) is 2.51. The van der Waals surface area contributed by atoms with Gasteiger partial charge < -0.3 is 10.1 Å². The van der Waals surface area contributed by atoms with Gasteiger partial charge in [-0.2, -0.15) is 0 Å². The van der Waals surface area contributed by atoms with E-state index in [2.05, 4.69) is 15.3 Å². The average molecular weight is 361 g/mol. The van der Waals surface area contributed by atoms with Crippen molar-refractivity contribution in [3.05, 3.63) is 51.5 Å². The second kappa shape index (κ2) is 7.40. The Morgan fingerprint density at radius 1 is 1.09 bits per heavy atom. The summed E-state index contributed by atoms with van der Waals surface area (Å²) in [5, 5.41) is 3.17. The SMILES string of the molecule is O=C(COC(=O)c1cnccn1)Nc1cc(Cl)c(Cl)cc1Cl. The van der Waals surface area contributed by atoms with Crippen LogP contribution in [-0.4, -0.2) is 28.5 Å². The first-order valence-electron chi connectivity index (χ1n) is 5.85. The fourth-order valence-corrected chi connectivity index (χ4v) is 2.01. The number of nitrogens with zero attached hydrogens (tertiary/aromatic N) is 2. The van der Waals surface area contributed by atoms with Crippen LogP contribution in [0.25, 0.3) is 0 Å². The summed E-state index contributed by atoms with van der Waals surface area (Å²) in [6.45, 7) is -0.508. The minimum atomic E-state index is -0.761. The van der Waals surface area contributed by atoms with Crippen LogP contribution in [0.1, 0.15) is 10.5 Å². The number of ether oxygens (including phenoxy) is 1. The van der Waals surface area contributed by atoms with E-state index >= 15 is 0 Å². The summed E-state index contributed by atoms with van der Waals surface area (Å²) in [5.74, 6) is -1.35. The number of hydrogen-bond donors (Lipinski definition) is 1. The molecule has 2 aromatic rings. The van der Waals surface area contributed by atoms with Crippen LogP contribution in [0.5, 0.6) is 0 Å². The minimum absolute atomic E-state index is 0.00266. The largest absolute Gasteiger partial charge is 0.451 e. The summed E-state index contributed by atoms with van der Waals surface area (Å²) in [6.07, 6.45) is 3.98. The van der Waals surface area contributed by atoms with Gasteiger partial charge >= 0.3 is 5.97 Å². The van der Waals surface area contributed by atoms with Crippen molar-refractivity contribution >= 4 is 52.4 Å². The van der Waals surface area contributed by atoms with Crippen LogP contribution in [0.4, 0.5) is 5.69 Å². The van der Waals surface area contributed by atoms with E-state index in [1.165, 1.54) is 30.7 Å². The molecule has 0 saturated carbocycles. The third-order valence-electron chi connectivity index (χ3n) is 2.39. The molecule has 1 heterocycles. The van der Waals surface area contributed by atoms with Gasteiger partial charge in [0.1, 0.15) is 0 Å². The fraction of sp³-hybridized carbons (Fsp3) is 0.0769. The number of aromatic nitrogens is 2. The third-order valence-corrected chi connectivity index (χ3v) is 3.43. The number of benzene rings is 1. The lowest BCUT2D eigenvalue weighted by molar-refractivity contribution is -0.119. The number of anilines is 1. The Morgan fingerprint density at radius 3 is 2.50 bits per heavy atom. The zero-order chi connectivity index (χ0) is 16.1. The normalized spacial score (nSPS) is 10.1. The number of carbonyl (C=O) groups excluding carboxylic acids is 2. The van der Waals surface area contributed by atoms with E-state index in [1.807, 2.05) is 0 Å². The topological polar surface area (TPSA) is 81.2 Å². The van der Waals surface area contributed by atoms with Gasteiger partial charge in [-0.15, -0.1) is 0 Å². The maximum absolute atomic E-state index is 11.7. The van der Waals surface area contributed by atoms with Crippen molar-refractivity contribution in [1.29, 1.82) is 0 Å². The fourth-order valence-electron chi connectivity index (χ4n) is 1.41. The van der Waals surface area contributed by atoms with Crippen LogP contribution < -0.4 is 5.32 Å². The molecular weight excluding hydrogens is 353 g/mol. The summed E-state index contributed by atoms with van der Waals surface area (Å²) in [5.41, 5.74) is 0.263. The second-order valence-corrected chi connectivity index (χ2v) is 5.18. The molecule has 2 rings (SSSR count). The van der Waals surface area contributed by atoms with Crippen molar-refractivity contribution in [2.24, 2.45) is 0 Å². The molecule has 0 unspecified atom stereocenters. The van der Waals surface area contributed by atoms with Gasteiger partial charge in [0.25, 0.3) is 5.91 Å². The Kier molecular flexibility index (Phi) is 5.54. The van der Waals surface area contributed by atoms with Gasteiger partial charge in [0.2, 0.25) is 0 Å². The van der Waals surface area contributed by atoms with Crippen molar-refractivity contribution in [2.45, 2.75) is 0 Å². The quantitative estimate of drug-likeness (QED) is 0.669. The van der Waals surface area contributed by atoms with Crippen LogP contribution in [0.15, 0.2) is 30.7 Å².